The largest absolute Gasteiger partial charge is 0.261 e. The lowest BCUT2D eigenvalue weighted by atomic mass is 10.2. The Balaban J connectivity index is 1.95. The van der Waals surface area contributed by atoms with Crippen LogP contribution in [-0.2, 0) is 23.1 Å². The number of hydrogen-bond acceptors (Lipinski definition) is 3. The molecule has 0 N–H and O–H groups in total. The number of nitrogens with zero attached hydrogens (tertiary/aromatic N) is 2. The summed E-state index contributed by atoms with van der Waals surface area (Å²) in [5, 5.41) is 0. The molecule has 0 spiro atoms. The summed E-state index contributed by atoms with van der Waals surface area (Å²) in [7, 11) is -3.41. The van der Waals surface area contributed by atoms with Gasteiger partial charge in [0, 0.05) is 25.0 Å². The molecule has 1 aliphatic rings. The fraction of sp³-hybridized carbons (Fsp3) is 0.214. The standard InChI is InChI=1S/C14H14N2O2S/c1-11-7-12-9-16(10-13(12)8-15-11)19(17,18)14-5-3-2-4-6-14/h2-8H,9-10H2,1H3. The Bertz CT molecular complexity index is 711. The zero-order valence-electron chi connectivity index (χ0n) is 10.6. The van der Waals surface area contributed by atoms with Gasteiger partial charge >= 0.3 is 0 Å². The zero-order chi connectivity index (χ0) is 13.5. The molecule has 0 atom stereocenters. The van der Waals surface area contributed by atoms with Gasteiger partial charge in [0.1, 0.15) is 0 Å². The van der Waals surface area contributed by atoms with E-state index in [2.05, 4.69) is 4.98 Å². The first-order valence-corrected chi connectivity index (χ1v) is 7.51. The minimum Gasteiger partial charge on any atom is -0.261 e. The summed E-state index contributed by atoms with van der Waals surface area (Å²) < 4.78 is 26.5. The Morgan fingerprint density at radius 1 is 1.11 bits per heavy atom. The SMILES string of the molecule is Cc1cc2c(cn1)CN(S(=O)(=O)c1ccccc1)C2. The monoisotopic (exact) mass is 274 g/mol. The van der Waals surface area contributed by atoms with Crippen molar-refractivity contribution in [2.75, 3.05) is 0 Å². The highest BCUT2D eigenvalue weighted by atomic mass is 32.2. The van der Waals surface area contributed by atoms with Crippen molar-refractivity contribution in [2.45, 2.75) is 24.9 Å². The number of sulfonamides is 1. The highest BCUT2D eigenvalue weighted by Crippen LogP contribution is 2.28. The van der Waals surface area contributed by atoms with Crippen LogP contribution in [0.3, 0.4) is 0 Å². The number of pyridine rings is 1. The highest BCUT2D eigenvalue weighted by Gasteiger charge is 2.30. The number of aromatic nitrogens is 1. The number of hydrogen-bond donors (Lipinski definition) is 0. The average Bonchev–Trinajstić information content (AvgIpc) is 2.83. The van der Waals surface area contributed by atoms with Crippen molar-refractivity contribution in [3.05, 3.63) is 59.4 Å². The van der Waals surface area contributed by atoms with E-state index in [9.17, 15) is 8.42 Å². The third-order valence-electron chi connectivity index (χ3n) is 3.29. The topological polar surface area (TPSA) is 50.3 Å². The maximum absolute atomic E-state index is 12.5. The van der Waals surface area contributed by atoms with Crippen LogP contribution in [0, 0.1) is 6.92 Å². The zero-order valence-corrected chi connectivity index (χ0v) is 11.4. The van der Waals surface area contributed by atoms with Crippen molar-refractivity contribution in [3.8, 4) is 0 Å². The summed E-state index contributed by atoms with van der Waals surface area (Å²) in [5.41, 5.74) is 2.95. The van der Waals surface area contributed by atoms with Gasteiger partial charge in [-0.3, -0.25) is 4.98 Å². The fourth-order valence-electron chi connectivity index (χ4n) is 2.28. The van der Waals surface area contributed by atoms with E-state index in [1.165, 1.54) is 4.31 Å². The Hall–Kier alpha value is -1.72. The maximum Gasteiger partial charge on any atom is 0.243 e. The van der Waals surface area contributed by atoms with Crippen molar-refractivity contribution in [3.63, 3.8) is 0 Å². The molecule has 0 unspecified atom stereocenters. The van der Waals surface area contributed by atoms with Crippen LogP contribution in [0.2, 0.25) is 0 Å². The minimum atomic E-state index is -3.41. The van der Waals surface area contributed by atoms with Crippen LogP contribution in [0.15, 0.2) is 47.5 Å². The summed E-state index contributed by atoms with van der Waals surface area (Å²) in [6.45, 7) is 2.74. The molecule has 0 saturated heterocycles. The van der Waals surface area contributed by atoms with Gasteiger partial charge in [0.05, 0.1) is 4.90 Å². The van der Waals surface area contributed by atoms with Crippen molar-refractivity contribution in [2.24, 2.45) is 0 Å². The van der Waals surface area contributed by atoms with Gasteiger partial charge in [-0.05, 0) is 36.2 Å². The lowest BCUT2D eigenvalue weighted by Crippen LogP contribution is -2.25. The van der Waals surface area contributed by atoms with Gasteiger partial charge in [-0.25, -0.2) is 8.42 Å². The van der Waals surface area contributed by atoms with E-state index < -0.39 is 10.0 Å². The summed E-state index contributed by atoms with van der Waals surface area (Å²) >= 11 is 0. The number of benzene rings is 1. The second kappa shape index (κ2) is 4.43. The van der Waals surface area contributed by atoms with E-state index in [-0.39, 0.29) is 0 Å². The van der Waals surface area contributed by atoms with Gasteiger partial charge < -0.3 is 0 Å². The molecule has 0 bridgehead atoms. The van der Waals surface area contributed by atoms with E-state index >= 15 is 0 Å². The molecule has 4 nitrogen and oxygen atoms in total. The van der Waals surface area contributed by atoms with Crippen molar-refractivity contribution < 1.29 is 8.42 Å². The third-order valence-corrected chi connectivity index (χ3v) is 5.10. The molecule has 2 aromatic rings. The first kappa shape index (κ1) is 12.3. The first-order chi connectivity index (χ1) is 9.07. The number of rotatable bonds is 2. The quantitative estimate of drug-likeness (QED) is 0.842. The van der Waals surface area contributed by atoms with E-state index in [1.807, 2.05) is 19.1 Å². The molecule has 1 aliphatic heterocycles. The minimum absolute atomic E-state index is 0.340. The first-order valence-electron chi connectivity index (χ1n) is 6.07. The summed E-state index contributed by atoms with van der Waals surface area (Å²) in [6, 6.07) is 10.5. The van der Waals surface area contributed by atoms with E-state index in [0.29, 0.717) is 18.0 Å². The van der Waals surface area contributed by atoms with Crippen molar-refractivity contribution in [1.29, 1.82) is 0 Å². The van der Waals surface area contributed by atoms with Crippen molar-refractivity contribution >= 4 is 10.0 Å². The third kappa shape index (κ3) is 2.15. The average molecular weight is 274 g/mol. The van der Waals surface area contributed by atoms with Gasteiger partial charge in [-0.1, -0.05) is 18.2 Å². The molecule has 0 fully saturated rings. The molecule has 19 heavy (non-hydrogen) atoms. The Morgan fingerprint density at radius 3 is 2.53 bits per heavy atom. The predicted octanol–water partition coefficient (Wildman–Crippen LogP) is 2.09. The molecule has 3 rings (SSSR count). The van der Waals surface area contributed by atoms with E-state index in [1.54, 1.807) is 30.5 Å². The molecule has 1 aromatic heterocycles. The van der Waals surface area contributed by atoms with Crippen LogP contribution in [0.1, 0.15) is 16.8 Å². The van der Waals surface area contributed by atoms with Crippen LogP contribution in [0.5, 0.6) is 0 Å². The van der Waals surface area contributed by atoms with Gasteiger partial charge in [-0.2, -0.15) is 4.31 Å². The van der Waals surface area contributed by atoms with Crippen LogP contribution in [0.25, 0.3) is 0 Å². The molecule has 0 saturated carbocycles. The van der Waals surface area contributed by atoms with E-state index in [4.69, 9.17) is 0 Å². The summed E-state index contributed by atoms with van der Waals surface area (Å²) in [4.78, 5) is 4.56. The molecule has 2 heterocycles. The second-order valence-corrected chi connectivity index (χ2v) is 6.62. The number of fused-ring (bicyclic) bond motifs is 1. The second-order valence-electron chi connectivity index (χ2n) is 4.68. The van der Waals surface area contributed by atoms with Gasteiger partial charge in [0.2, 0.25) is 10.0 Å². The predicted molar refractivity (Wildman–Crippen MR) is 71.8 cm³/mol. The highest BCUT2D eigenvalue weighted by molar-refractivity contribution is 7.89. The number of aryl methyl sites for hydroxylation is 1. The summed E-state index contributed by atoms with van der Waals surface area (Å²) in [5.74, 6) is 0. The van der Waals surface area contributed by atoms with Crippen LogP contribution in [-0.4, -0.2) is 17.7 Å². The lowest BCUT2D eigenvalue weighted by molar-refractivity contribution is 0.431. The molecule has 1 aromatic carbocycles. The molecule has 0 aliphatic carbocycles. The van der Waals surface area contributed by atoms with Gasteiger partial charge in [-0.15, -0.1) is 0 Å². The van der Waals surface area contributed by atoms with Crippen molar-refractivity contribution in [1.82, 2.24) is 9.29 Å². The van der Waals surface area contributed by atoms with E-state index in [0.717, 1.165) is 16.8 Å². The van der Waals surface area contributed by atoms with Crippen LogP contribution in [0.4, 0.5) is 0 Å². The van der Waals surface area contributed by atoms with Crippen LogP contribution >= 0.6 is 0 Å². The Kier molecular flexibility index (Phi) is 2.88. The fourth-order valence-corrected chi connectivity index (χ4v) is 3.70. The molecule has 0 amide bonds. The summed E-state index contributed by atoms with van der Waals surface area (Å²) in [6.07, 6.45) is 1.77. The molecule has 5 heteroatoms. The molecule has 0 radical (unpaired) electrons. The molecular weight excluding hydrogens is 260 g/mol. The van der Waals surface area contributed by atoms with Gasteiger partial charge in [0.25, 0.3) is 0 Å². The molecular formula is C14H14N2O2S. The Morgan fingerprint density at radius 2 is 1.79 bits per heavy atom. The Labute approximate surface area is 112 Å². The lowest BCUT2D eigenvalue weighted by Gasteiger charge is -2.15. The van der Waals surface area contributed by atoms with Crippen LogP contribution < -0.4 is 0 Å². The maximum atomic E-state index is 12.5. The van der Waals surface area contributed by atoms with Gasteiger partial charge in [0.15, 0.2) is 0 Å². The smallest absolute Gasteiger partial charge is 0.243 e. The normalized spacial score (nSPS) is 15.4. The molecule has 98 valence electrons.